The molecule has 0 saturated carbocycles. The Morgan fingerprint density at radius 3 is 2.32 bits per heavy atom. The predicted octanol–water partition coefficient (Wildman–Crippen LogP) is 4.53. The van der Waals surface area contributed by atoms with Gasteiger partial charge in [0.15, 0.2) is 11.9 Å². The van der Waals surface area contributed by atoms with Crippen LogP contribution in [-0.4, -0.2) is 49.7 Å². The maximum absolute atomic E-state index is 13.5. The fourth-order valence-electron chi connectivity index (χ4n) is 3.61. The SMILES string of the molecule is CSCC(NC(=O)Cn1nc(-c2ccc(Cl)cc2)n(CC(O)C(F)(F)F)c1=O)c1ccccc1C(F)(F)F. The molecule has 0 spiro atoms. The summed E-state index contributed by atoms with van der Waals surface area (Å²) in [6.45, 7) is -2.00. The minimum Gasteiger partial charge on any atom is -0.382 e. The van der Waals surface area contributed by atoms with Crippen LogP contribution in [0.3, 0.4) is 0 Å². The summed E-state index contributed by atoms with van der Waals surface area (Å²) in [5.41, 5.74) is -2.08. The van der Waals surface area contributed by atoms with Gasteiger partial charge in [-0.3, -0.25) is 9.36 Å². The van der Waals surface area contributed by atoms with Crippen molar-refractivity contribution >= 4 is 29.3 Å². The average molecular weight is 583 g/mol. The van der Waals surface area contributed by atoms with E-state index >= 15 is 0 Å². The number of hydrogen-bond donors (Lipinski definition) is 2. The highest BCUT2D eigenvalue weighted by molar-refractivity contribution is 7.98. The van der Waals surface area contributed by atoms with Gasteiger partial charge in [-0.05, 0) is 42.2 Å². The van der Waals surface area contributed by atoms with Crippen LogP contribution < -0.4 is 11.0 Å². The number of rotatable bonds is 9. The van der Waals surface area contributed by atoms with E-state index in [1.54, 1.807) is 6.26 Å². The van der Waals surface area contributed by atoms with Gasteiger partial charge in [0.05, 0.1) is 18.2 Å². The summed E-state index contributed by atoms with van der Waals surface area (Å²) in [6, 6.07) is 9.20. The van der Waals surface area contributed by atoms with E-state index in [-0.39, 0.29) is 22.7 Å². The molecule has 1 aromatic heterocycles. The molecule has 2 aromatic carbocycles. The molecule has 0 aliphatic rings. The molecule has 7 nitrogen and oxygen atoms in total. The normalized spacial score (nSPS) is 13.8. The summed E-state index contributed by atoms with van der Waals surface area (Å²) >= 11 is 7.02. The first kappa shape index (κ1) is 29.6. The molecule has 1 amide bonds. The number of hydrogen-bond acceptors (Lipinski definition) is 5. The van der Waals surface area contributed by atoms with Gasteiger partial charge in [-0.15, -0.1) is 5.10 Å². The number of aliphatic hydroxyl groups is 1. The van der Waals surface area contributed by atoms with Crippen molar-refractivity contribution in [3.05, 3.63) is 75.2 Å². The monoisotopic (exact) mass is 582 g/mol. The van der Waals surface area contributed by atoms with E-state index < -0.39 is 54.7 Å². The van der Waals surface area contributed by atoms with Gasteiger partial charge >= 0.3 is 18.0 Å². The zero-order chi connectivity index (χ0) is 28.3. The summed E-state index contributed by atoms with van der Waals surface area (Å²) in [5, 5.41) is 16.3. The summed E-state index contributed by atoms with van der Waals surface area (Å²) in [4.78, 5) is 25.7. The Kier molecular flexibility index (Phi) is 9.21. The van der Waals surface area contributed by atoms with Crippen LogP contribution in [0.1, 0.15) is 17.2 Å². The van der Waals surface area contributed by atoms with Crippen LogP contribution >= 0.6 is 23.4 Å². The molecule has 0 bridgehead atoms. The van der Waals surface area contributed by atoms with Crippen molar-refractivity contribution in [1.82, 2.24) is 19.7 Å². The van der Waals surface area contributed by atoms with E-state index in [9.17, 15) is 41.0 Å². The van der Waals surface area contributed by atoms with Crippen LogP contribution in [0.15, 0.2) is 53.3 Å². The van der Waals surface area contributed by atoms with Gasteiger partial charge in [-0.25, -0.2) is 9.48 Å². The summed E-state index contributed by atoms with van der Waals surface area (Å²) in [5.74, 6) is -1.10. The third-order valence-corrected chi connectivity index (χ3v) is 6.28. The van der Waals surface area contributed by atoms with Crippen molar-refractivity contribution in [2.45, 2.75) is 37.6 Å². The number of nitrogens with zero attached hydrogens (tertiary/aromatic N) is 3. The number of aliphatic hydroxyl groups excluding tert-OH is 1. The molecule has 2 atom stereocenters. The first-order valence-electron chi connectivity index (χ1n) is 10.8. The number of carbonyl (C=O) groups is 1. The summed E-state index contributed by atoms with van der Waals surface area (Å²) in [7, 11) is 0. The van der Waals surface area contributed by atoms with Gasteiger partial charge in [0.2, 0.25) is 5.91 Å². The lowest BCUT2D eigenvalue weighted by atomic mass is 10.0. The Bertz CT molecular complexity index is 1320. The van der Waals surface area contributed by atoms with E-state index in [0.717, 1.165) is 6.07 Å². The highest BCUT2D eigenvalue weighted by Gasteiger charge is 2.39. The number of nitrogens with one attached hydrogen (secondary N) is 1. The summed E-state index contributed by atoms with van der Waals surface area (Å²) < 4.78 is 80.7. The first-order chi connectivity index (χ1) is 17.7. The molecule has 0 saturated heterocycles. The fraction of sp³-hybridized carbons (Fsp3) is 0.348. The van der Waals surface area contributed by atoms with Crippen molar-refractivity contribution < 1.29 is 36.2 Å². The molecule has 3 aromatic rings. The quantitative estimate of drug-likeness (QED) is 0.362. The third-order valence-electron chi connectivity index (χ3n) is 5.36. The van der Waals surface area contributed by atoms with Crippen LogP contribution in [0.2, 0.25) is 5.02 Å². The Morgan fingerprint density at radius 1 is 1.11 bits per heavy atom. The smallest absolute Gasteiger partial charge is 0.382 e. The van der Waals surface area contributed by atoms with E-state index in [1.165, 1.54) is 54.2 Å². The first-order valence-corrected chi connectivity index (χ1v) is 12.6. The number of halogens is 7. The van der Waals surface area contributed by atoms with Gasteiger partial charge in [0.25, 0.3) is 0 Å². The van der Waals surface area contributed by atoms with Crippen molar-refractivity contribution in [3.8, 4) is 11.4 Å². The van der Waals surface area contributed by atoms with Gasteiger partial charge < -0.3 is 10.4 Å². The molecular formula is C23H21ClF6N4O3S. The number of amides is 1. The Hall–Kier alpha value is -2.97. The van der Waals surface area contributed by atoms with Crippen LogP contribution in [0.5, 0.6) is 0 Å². The van der Waals surface area contributed by atoms with Crippen LogP contribution in [0.25, 0.3) is 11.4 Å². The second-order valence-corrected chi connectivity index (χ2v) is 9.45. The largest absolute Gasteiger partial charge is 0.416 e. The number of thioether (sulfide) groups is 1. The molecule has 0 radical (unpaired) electrons. The molecule has 0 aliphatic carbocycles. The maximum Gasteiger partial charge on any atom is 0.416 e. The molecule has 1 heterocycles. The number of carbonyl (C=O) groups excluding carboxylic acids is 1. The van der Waals surface area contributed by atoms with Gasteiger partial charge in [0.1, 0.15) is 6.54 Å². The Balaban J connectivity index is 1.94. The minimum atomic E-state index is -5.03. The lowest BCUT2D eigenvalue weighted by Gasteiger charge is -2.22. The van der Waals surface area contributed by atoms with Crippen molar-refractivity contribution in [2.75, 3.05) is 12.0 Å². The standard InChI is InChI=1S/C23H21ClF6N4O3S/c1-38-12-17(15-4-2-3-5-16(15)22(25,26)27)31-19(36)11-34-21(37)33(10-18(35)23(28,29)30)20(32-34)13-6-8-14(24)9-7-13/h2-9,17-18,35H,10-12H2,1H3,(H,31,36). The minimum absolute atomic E-state index is 0.0654. The zero-order valence-corrected chi connectivity index (χ0v) is 21.1. The molecule has 206 valence electrons. The second-order valence-electron chi connectivity index (χ2n) is 8.10. The third kappa shape index (κ3) is 7.11. The fourth-order valence-corrected chi connectivity index (χ4v) is 4.33. The molecule has 0 aliphatic heterocycles. The van der Waals surface area contributed by atoms with E-state index in [2.05, 4.69) is 10.4 Å². The van der Waals surface area contributed by atoms with Gasteiger partial charge in [-0.1, -0.05) is 29.8 Å². The second kappa shape index (κ2) is 11.8. The van der Waals surface area contributed by atoms with Gasteiger partial charge in [0, 0.05) is 16.3 Å². The molecule has 0 fully saturated rings. The average Bonchev–Trinajstić information content (AvgIpc) is 3.13. The Morgan fingerprint density at radius 2 is 1.74 bits per heavy atom. The lowest BCUT2D eigenvalue weighted by Crippen LogP contribution is -2.39. The van der Waals surface area contributed by atoms with Crippen LogP contribution in [0.4, 0.5) is 26.3 Å². The molecule has 3 rings (SSSR count). The lowest BCUT2D eigenvalue weighted by molar-refractivity contribution is -0.207. The van der Waals surface area contributed by atoms with Crippen molar-refractivity contribution in [3.63, 3.8) is 0 Å². The summed E-state index contributed by atoms with van der Waals surface area (Å²) in [6.07, 6.45) is -11.0. The number of aromatic nitrogens is 3. The Labute approximate surface area is 221 Å². The number of alkyl halides is 6. The molecule has 2 N–H and O–H groups in total. The van der Waals surface area contributed by atoms with Crippen LogP contribution in [-0.2, 0) is 24.1 Å². The predicted molar refractivity (Wildman–Crippen MR) is 130 cm³/mol. The zero-order valence-electron chi connectivity index (χ0n) is 19.6. The topological polar surface area (TPSA) is 89.2 Å². The van der Waals surface area contributed by atoms with E-state index in [1.807, 2.05) is 0 Å². The van der Waals surface area contributed by atoms with Crippen molar-refractivity contribution in [2.24, 2.45) is 0 Å². The van der Waals surface area contributed by atoms with Crippen LogP contribution in [0, 0.1) is 0 Å². The highest BCUT2D eigenvalue weighted by atomic mass is 35.5. The van der Waals surface area contributed by atoms with Gasteiger partial charge in [-0.2, -0.15) is 38.1 Å². The highest BCUT2D eigenvalue weighted by Crippen LogP contribution is 2.35. The van der Waals surface area contributed by atoms with E-state index in [4.69, 9.17) is 11.6 Å². The van der Waals surface area contributed by atoms with Crippen molar-refractivity contribution in [1.29, 1.82) is 0 Å². The van der Waals surface area contributed by atoms with E-state index in [0.29, 0.717) is 14.3 Å². The molecule has 38 heavy (non-hydrogen) atoms. The molecular weight excluding hydrogens is 562 g/mol. The maximum atomic E-state index is 13.5. The molecule has 2 unspecified atom stereocenters. The number of benzene rings is 2. The molecule has 15 heteroatoms.